The second kappa shape index (κ2) is 6.30. The van der Waals surface area contributed by atoms with Crippen molar-refractivity contribution in [1.82, 2.24) is 10.6 Å². The molecule has 0 radical (unpaired) electrons. The van der Waals surface area contributed by atoms with Crippen molar-refractivity contribution in [1.29, 1.82) is 0 Å². The number of hydrogen-bond donors (Lipinski definition) is 3. The molecule has 1 rings (SSSR count). The molecule has 0 bridgehead atoms. The van der Waals surface area contributed by atoms with Gasteiger partial charge in [0.15, 0.2) is 0 Å². The summed E-state index contributed by atoms with van der Waals surface area (Å²) < 4.78 is 5.11. The van der Waals surface area contributed by atoms with Crippen molar-refractivity contribution in [3.8, 4) is 0 Å². The lowest BCUT2D eigenvalue weighted by Gasteiger charge is -2.28. The van der Waals surface area contributed by atoms with Crippen LogP contribution in [0.1, 0.15) is 32.4 Å². The van der Waals surface area contributed by atoms with Gasteiger partial charge in [-0.2, -0.15) is 0 Å². The molecule has 0 aliphatic carbocycles. The summed E-state index contributed by atoms with van der Waals surface area (Å²) in [6, 6.07) is 3.32. The van der Waals surface area contributed by atoms with E-state index < -0.39 is 0 Å². The minimum atomic E-state index is -0.373. The Kier molecular flexibility index (Phi) is 5.03. The van der Waals surface area contributed by atoms with Gasteiger partial charge in [-0.15, -0.1) is 0 Å². The first kappa shape index (κ1) is 13.6. The van der Waals surface area contributed by atoms with Crippen LogP contribution in [0.15, 0.2) is 22.8 Å². The molecule has 0 spiro atoms. The maximum Gasteiger partial charge on any atom is 0.315 e. The summed E-state index contributed by atoms with van der Waals surface area (Å²) in [5.74, 6) is 0.709. The molecule has 2 amide bonds. The van der Waals surface area contributed by atoms with Gasteiger partial charge in [0.05, 0.1) is 12.8 Å². The summed E-state index contributed by atoms with van der Waals surface area (Å²) in [6.45, 7) is 4.30. The van der Waals surface area contributed by atoms with Crippen LogP contribution in [0.5, 0.6) is 0 Å². The number of hydrogen-bond acceptors (Lipinski definition) is 3. The number of urea groups is 1. The highest BCUT2D eigenvalue weighted by molar-refractivity contribution is 5.74. The Morgan fingerprint density at radius 2 is 2.35 bits per heavy atom. The van der Waals surface area contributed by atoms with Gasteiger partial charge in [-0.25, -0.2) is 4.79 Å². The lowest BCUT2D eigenvalue weighted by Crippen LogP contribution is -2.50. The lowest BCUT2D eigenvalue weighted by molar-refractivity contribution is 0.200. The van der Waals surface area contributed by atoms with Gasteiger partial charge in [0.1, 0.15) is 5.76 Å². The van der Waals surface area contributed by atoms with Crippen molar-refractivity contribution in [3.05, 3.63) is 24.2 Å². The van der Waals surface area contributed by atoms with Crippen molar-refractivity contribution < 1.29 is 14.3 Å². The summed E-state index contributed by atoms with van der Waals surface area (Å²) in [5, 5.41) is 14.5. The first-order chi connectivity index (χ1) is 8.09. The van der Waals surface area contributed by atoms with E-state index in [0.29, 0.717) is 18.7 Å². The molecule has 0 aliphatic rings. The van der Waals surface area contributed by atoms with Gasteiger partial charge >= 0.3 is 6.03 Å². The Bertz CT molecular complexity index is 338. The zero-order valence-electron chi connectivity index (χ0n) is 10.3. The molecular formula is C12H20N2O3. The summed E-state index contributed by atoms with van der Waals surface area (Å²) >= 11 is 0. The Morgan fingerprint density at radius 3 is 2.88 bits per heavy atom. The van der Waals surface area contributed by atoms with Gasteiger partial charge in [-0.3, -0.25) is 0 Å². The number of aliphatic hydroxyl groups is 1. The number of amides is 2. The minimum Gasteiger partial charge on any atom is -0.467 e. The highest BCUT2D eigenvalue weighted by Crippen LogP contribution is 2.13. The summed E-state index contributed by atoms with van der Waals surface area (Å²) in [4.78, 5) is 11.6. The third kappa shape index (κ3) is 4.48. The maximum atomic E-state index is 11.6. The maximum absolute atomic E-state index is 11.6. The highest BCUT2D eigenvalue weighted by atomic mass is 16.3. The van der Waals surface area contributed by atoms with Gasteiger partial charge < -0.3 is 20.2 Å². The second-order valence-corrected chi connectivity index (χ2v) is 4.27. The average Bonchev–Trinajstić information content (AvgIpc) is 2.79. The van der Waals surface area contributed by atoms with Crippen molar-refractivity contribution in [3.63, 3.8) is 0 Å². The molecule has 5 heteroatoms. The molecule has 0 aromatic carbocycles. The fourth-order valence-electron chi connectivity index (χ4n) is 1.47. The van der Waals surface area contributed by atoms with Crippen LogP contribution in [0, 0.1) is 0 Å². The predicted octanol–water partition coefficient (Wildman–Crippen LogP) is 1.63. The minimum absolute atomic E-state index is 0.0583. The molecular weight excluding hydrogens is 220 g/mol. The van der Waals surface area contributed by atoms with E-state index in [9.17, 15) is 4.79 Å². The number of rotatable bonds is 6. The topological polar surface area (TPSA) is 74.5 Å². The number of furan rings is 1. The number of nitrogens with one attached hydrogen (secondary N) is 2. The smallest absolute Gasteiger partial charge is 0.315 e. The fraction of sp³-hybridized carbons (Fsp3) is 0.583. The summed E-state index contributed by atoms with van der Waals surface area (Å²) in [7, 11) is 0. The molecule has 17 heavy (non-hydrogen) atoms. The van der Waals surface area contributed by atoms with Crippen LogP contribution >= 0.6 is 0 Å². The molecule has 0 fully saturated rings. The van der Waals surface area contributed by atoms with E-state index in [4.69, 9.17) is 9.52 Å². The zero-order valence-corrected chi connectivity index (χ0v) is 10.3. The molecule has 5 nitrogen and oxygen atoms in total. The molecule has 1 heterocycles. The van der Waals surface area contributed by atoms with E-state index in [1.807, 2.05) is 13.8 Å². The Balaban J connectivity index is 2.37. The third-order valence-electron chi connectivity index (χ3n) is 2.86. The van der Waals surface area contributed by atoms with Crippen LogP contribution in [0.4, 0.5) is 4.79 Å². The molecule has 96 valence electrons. The van der Waals surface area contributed by atoms with Crippen LogP contribution in [0.2, 0.25) is 0 Å². The van der Waals surface area contributed by atoms with Crippen molar-refractivity contribution in [2.75, 3.05) is 6.61 Å². The highest BCUT2D eigenvalue weighted by Gasteiger charge is 2.23. The summed E-state index contributed by atoms with van der Waals surface area (Å²) in [5.41, 5.74) is -0.373. The van der Waals surface area contributed by atoms with Crippen molar-refractivity contribution >= 4 is 6.03 Å². The van der Waals surface area contributed by atoms with Crippen LogP contribution in [-0.4, -0.2) is 23.3 Å². The summed E-state index contributed by atoms with van der Waals surface area (Å²) in [6.07, 6.45) is 2.87. The predicted molar refractivity (Wildman–Crippen MR) is 64.5 cm³/mol. The zero-order chi connectivity index (χ0) is 12.7. The SMILES string of the molecule is CC[C@@](C)(CCO)NC(=O)NCc1ccco1. The lowest BCUT2D eigenvalue weighted by atomic mass is 9.95. The third-order valence-corrected chi connectivity index (χ3v) is 2.86. The molecule has 0 unspecified atom stereocenters. The van der Waals surface area contributed by atoms with Gasteiger partial charge in [0.2, 0.25) is 0 Å². The van der Waals surface area contributed by atoms with E-state index in [1.54, 1.807) is 18.4 Å². The standard InChI is InChI=1S/C12H20N2O3/c1-3-12(2,6-7-15)14-11(16)13-9-10-5-4-8-17-10/h4-5,8,15H,3,6-7,9H2,1-2H3,(H2,13,14,16)/t12-/m0/s1. The van der Waals surface area contributed by atoms with Gasteiger partial charge in [-0.05, 0) is 31.9 Å². The van der Waals surface area contributed by atoms with Crippen molar-refractivity contribution in [2.45, 2.75) is 38.8 Å². The van der Waals surface area contributed by atoms with Gasteiger partial charge in [0, 0.05) is 12.1 Å². The quantitative estimate of drug-likeness (QED) is 0.707. The van der Waals surface area contributed by atoms with Gasteiger partial charge in [-0.1, -0.05) is 6.92 Å². The number of carbonyl (C=O) groups is 1. The average molecular weight is 240 g/mol. The number of carbonyl (C=O) groups excluding carboxylic acids is 1. The van der Waals surface area contributed by atoms with E-state index in [-0.39, 0.29) is 18.2 Å². The van der Waals surface area contributed by atoms with Crippen LogP contribution in [0.25, 0.3) is 0 Å². The van der Waals surface area contributed by atoms with E-state index >= 15 is 0 Å². The normalized spacial score (nSPS) is 14.1. The molecule has 0 saturated carbocycles. The first-order valence-corrected chi connectivity index (χ1v) is 5.79. The van der Waals surface area contributed by atoms with E-state index in [1.165, 1.54) is 0 Å². The van der Waals surface area contributed by atoms with E-state index in [0.717, 1.165) is 6.42 Å². The molecule has 3 N–H and O–H groups in total. The Labute approximate surface area is 101 Å². The molecule has 0 saturated heterocycles. The monoisotopic (exact) mass is 240 g/mol. The largest absolute Gasteiger partial charge is 0.467 e. The van der Waals surface area contributed by atoms with Gasteiger partial charge in [0.25, 0.3) is 0 Å². The Hall–Kier alpha value is -1.49. The molecule has 1 atom stereocenters. The van der Waals surface area contributed by atoms with Crippen LogP contribution in [0.3, 0.4) is 0 Å². The first-order valence-electron chi connectivity index (χ1n) is 5.79. The second-order valence-electron chi connectivity index (χ2n) is 4.27. The molecule has 0 aliphatic heterocycles. The van der Waals surface area contributed by atoms with Crippen LogP contribution in [-0.2, 0) is 6.54 Å². The molecule has 1 aromatic rings. The van der Waals surface area contributed by atoms with Crippen LogP contribution < -0.4 is 10.6 Å². The van der Waals surface area contributed by atoms with E-state index in [2.05, 4.69) is 10.6 Å². The fourth-order valence-corrected chi connectivity index (χ4v) is 1.47. The van der Waals surface area contributed by atoms with Crippen molar-refractivity contribution in [2.24, 2.45) is 0 Å². The number of aliphatic hydroxyl groups excluding tert-OH is 1. The molecule has 1 aromatic heterocycles. The Morgan fingerprint density at radius 1 is 1.59 bits per heavy atom.